The van der Waals surface area contributed by atoms with Crippen molar-refractivity contribution in [3.8, 4) is 0 Å². The average Bonchev–Trinajstić information content (AvgIpc) is 2.83. The van der Waals surface area contributed by atoms with Crippen LogP contribution in [-0.4, -0.2) is 25.0 Å². The molecule has 0 saturated heterocycles. The Hall–Kier alpha value is -1.66. The van der Waals surface area contributed by atoms with Crippen LogP contribution >= 0.6 is 11.6 Å². The van der Waals surface area contributed by atoms with Gasteiger partial charge in [-0.05, 0) is 24.3 Å². The summed E-state index contributed by atoms with van der Waals surface area (Å²) in [6.45, 7) is 3.81. The van der Waals surface area contributed by atoms with Crippen LogP contribution in [-0.2, 0) is 29.2 Å². The van der Waals surface area contributed by atoms with Gasteiger partial charge in [-0.15, -0.1) is 0 Å². The van der Waals surface area contributed by atoms with Crippen molar-refractivity contribution in [2.24, 2.45) is 7.05 Å². The molecule has 1 aromatic heterocycles. The maximum Gasteiger partial charge on any atom is 0.338 e. The van der Waals surface area contributed by atoms with Gasteiger partial charge in [0, 0.05) is 17.2 Å². The maximum absolute atomic E-state index is 12.0. The van der Waals surface area contributed by atoms with Gasteiger partial charge in [-0.25, -0.2) is 9.78 Å². The molecule has 5 nitrogen and oxygen atoms in total. The lowest BCUT2D eigenvalue weighted by atomic mass is 10.2. The van der Waals surface area contributed by atoms with E-state index in [0.717, 1.165) is 0 Å². The van der Waals surface area contributed by atoms with E-state index in [0.29, 0.717) is 21.4 Å². The number of esters is 1. The number of hydrogen-bond donors (Lipinski definition) is 0. The summed E-state index contributed by atoms with van der Waals surface area (Å²) < 4.78 is 18.8. The zero-order valence-corrected chi connectivity index (χ0v) is 14.1. The maximum atomic E-state index is 12.0. The molecule has 1 unspecified atom stereocenters. The van der Waals surface area contributed by atoms with Crippen LogP contribution in [0.15, 0.2) is 35.4 Å². The number of carbonyl (C=O) groups excluding carboxylic acids is 1. The Bertz CT molecular complexity index is 695. The van der Waals surface area contributed by atoms with Gasteiger partial charge in [-0.1, -0.05) is 25.4 Å². The van der Waals surface area contributed by atoms with Crippen molar-refractivity contribution in [1.29, 1.82) is 0 Å². The standard InChI is InChI=1S/C15H17ClN2O3S/c1-10(2)22(20)12-6-4-11(5-7-12)15(19)21-9-14-17-8-13(16)18(14)3/h4-8,10H,9H2,1-3H3. The van der Waals surface area contributed by atoms with Gasteiger partial charge in [0.25, 0.3) is 0 Å². The minimum absolute atomic E-state index is 0.0333. The second-order valence-corrected chi connectivity index (χ2v) is 7.40. The third-order valence-corrected chi connectivity index (χ3v) is 5.05. The Kier molecular flexibility index (Phi) is 5.37. The van der Waals surface area contributed by atoms with Crippen molar-refractivity contribution < 1.29 is 13.7 Å². The van der Waals surface area contributed by atoms with Gasteiger partial charge in [0.15, 0.2) is 0 Å². The summed E-state index contributed by atoms with van der Waals surface area (Å²) in [4.78, 5) is 16.7. The van der Waals surface area contributed by atoms with Crippen molar-refractivity contribution in [1.82, 2.24) is 9.55 Å². The van der Waals surface area contributed by atoms with E-state index in [-0.39, 0.29) is 11.9 Å². The second kappa shape index (κ2) is 7.07. The molecule has 7 heteroatoms. The van der Waals surface area contributed by atoms with E-state index in [4.69, 9.17) is 16.3 Å². The molecule has 118 valence electrons. The number of aromatic nitrogens is 2. The Balaban J connectivity index is 2.01. The van der Waals surface area contributed by atoms with Crippen molar-refractivity contribution in [2.75, 3.05) is 0 Å². The highest BCUT2D eigenvalue weighted by Crippen LogP contribution is 2.14. The molecule has 0 N–H and O–H groups in total. The van der Waals surface area contributed by atoms with E-state index in [2.05, 4.69) is 4.98 Å². The van der Waals surface area contributed by atoms with Crippen molar-refractivity contribution in [2.45, 2.75) is 30.6 Å². The first-order valence-corrected chi connectivity index (χ1v) is 8.33. The number of carbonyl (C=O) groups is 1. The molecule has 2 rings (SSSR count). The highest BCUT2D eigenvalue weighted by atomic mass is 35.5. The third-order valence-electron chi connectivity index (χ3n) is 3.11. The molecule has 1 aromatic carbocycles. The van der Waals surface area contributed by atoms with Crippen LogP contribution < -0.4 is 0 Å². The molecule has 1 atom stereocenters. The first kappa shape index (κ1) is 16.7. The molecule has 0 aliphatic rings. The first-order valence-electron chi connectivity index (χ1n) is 6.74. The molecule has 1 heterocycles. The largest absolute Gasteiger partial charge is 0.454 e. The molecule has 0 saturated carbocycles. The predicted octanol–water partition coefficient (Wildman–Crippen LogP) is 2.95. The van der Waals surface area contributed by atoms with E-state index < -0.39 is 16.8 Å². The molecular weight excluding hydrogens is 324 g/mol. The fourth-order valence-corrected chi connectivity index (χ4v) is 2.86. The molecule has 0 aliphatic carbocycles. The number of nitrogens with zero attached hydrogens (tertiary/aromatic N) is 2. The smallest absolute Gasteiger partial charge is 0.338 e. The summed E-state index contributed by atoms with van der Waals surface area (Å²) >= 11 is 5.87. The highest BCUT2D eigenvalue weighted by Gasteiger charge is 2.13. The van der Waals surface area contributed by atoms with Gasteiger partial charge in [0.05, 0.1) is 22.6 Å². The van der Waals surface area contributed by atoms with Crippen molar-refractivity contribution in [3.05, 3.63) is 47.0 Å². The summed E-state index contributed by atoms with van der Waals surface area (Å²) in [6.07, 6.45) is 1.50. The van der Waals surface area contributed by atoms with Crippen molar-refractivity contribution >= 4 is 28.4 Å². The lowest BCUT2D eigenvalue weighted by molar-refractivity contribution is 0.0459. The van der Waals surface area contributed by atoms with Crippen LogP contribution in [0.4, 0.5) is 0 Å². The van der Waals surface area contributed by atoms with Crippen LogP contribution in [0.1, 0.15) is 30.0 Å². The van der Waals surface area contributed by atoms with E-state index >= 15 is 0 Å². The van der Waals surface area contributed by atoms with E-state index in [1.165, 1.54) is 6.20 Å². The van der Waals surface area contributed by atoms with Gasteiger partial charge >= 0.3 is 5.97 Å². The van der Waals surface area contributed by atoms with E-state index in [1.807, 2.05) is 13.8 Å². The second-order valence-electron chi connectivity index (χ2n) is 5.00. The number of hydrogen-bond acceptors (Lipinski definition) is 4. The monoisotopic (exact) mass is 340 g/mol. The van der Waals surface area contributed by atoms with Crippen LogP contribution in [0.2, 0.25) is 5.15 Å². The number of halogens is 1. The minimum Gasteiger partial charge on any atom is -0.454 e. The number of imidazole rings is 1. The highest BCUT2D eigenvalue weighted by molar-refractivity contribution is 7.85. The van der Waals surface area contributed by atoms with Crippen LogP contribution in [0.25, 0.3) is 0 Å². The predicted molar refractivity (Wildman–Crippen MR) is 85.3 cm³/mol. The fraction of sp³-hybridized carbons (Fsp3) is 0.333. The molecule has 2 aromatic rings. The zero-order valence-electron chi connectivity index (χ0n) is 12.6. The van der Waals surface area contributed by atoms with Crippen LogP contribution in [0, 0.1) is 0 Å². The lowest BCUT2D eigenvalue weighted by Gasteiger charge is -2.07. The Morgan fingerprint density at radius 2 is 2.00 bits per heavy atom. The summed E-state index contributed by atoms with van der Waals surface area (Å²) in [7, 11) is 0.674. The molecule has 0 aliphatic heterocycles. The number of benzene rings is 1. The molecular formula is C15H17ClN2O3S. The molecule has 0 radical (unpaired) electrons. The Labute approximate surface area is 136 Å². The molecule has 0 spiro atoms. The molecule has 0 fully saturated rings. The van der Waals surface area contributed by atoms with Gasteiger partial charge in [-0.3, -0.25) is 4.21 Å². The molecule has 22 heavy (non-hydrogen) atoms. The van der Waals surface area contributed by atoms with Gasteiger partial charge < -0.3 is 9.30 Å². The lowest BCUT2D eigenvalue weighted by Crippen LogP contribution is -2.09. The quantitative estimate of drug-likeness (QED) is 0.785. The normalized spacial score (nSPS) is 12.4. The van der Waals surface area contributed by atoms with Crippen LogP contribution in [0.5, 0.6) is 0 Å². The minimum atomic E-state index is -1.07. The zero-order chi connectivity index (χ0) is 16.3. The number of rotatable bonds is 5. The fourth-order valence-electron chi connectivity index (χ4n) is 1.77. The SMILES string of the molecule is CC(C)S(=O)c1ccc(C(=O)OCc2ncc(Cl)n2C)cc1. The summed E-state index contributed by atoms with van der Waals surface area (Å²) in [6, 6.07) is 6.60. The van der Waals surface area contributed by atoms with Gasteiger partial charge in [-0.2, -0.15) is 0 Å². The van der Waals surface area contributed by atoms with E-state index in [9.17, 15) is 9.00 Å². The van der Waals surface area contributed by atoms with E-state index in [1.54, 1.807) is 35.9 Å². The summed E-state index contributed by atoms with van der Waals surface area (Å²) in [5.74, 6) is 0.108. The van der Waals surface area contributed by atoms with Crippen molar-refractivity contribution in [3.63, 3.8) is 0 Å². The topological polar surface area (TPSA) is 61.2 Å². The third kappa shape index (κ3) is 3.75. The summed E-state index contributed by atoms with van der Waals surface area (Å²) in [5.41, 5.74) is 0.407. The first-order chi connectivity index (χ1) is 10.4. The average molecular weight is 341 g/mol. The van der Waals surface area contributed by atoms with Gasteiger partial charge in [0.2, 0.25) is 0 Å². The van der Waals surface area contributed by atoms with Gasteiger partial charge in [0.1, 0.15) is 17.6 Å². The Morgan fingerprint density at radius 1 is 1.36 bits per heavy atom. The molecule has 0 amide bonds. The molecule has 0 bridgehead atoms. The van der Waals surface area contributed by atoms with Crippen LogP contribution in [0.3, 0.4) is 0 Å². The number of ether oxygens (including phenoxy) is 1. The Morgan fingerprint density at radius 3 is 2.50 bits per heavy atom. The summed E-state index contributed by atoms with van der Waals surface area (Å²) in [5, 5.41) is 0.512.